The molecule has 0 aromatic carbocycles. The largest absolute Gasteiger partial charge is 0.480 e. The van der Waals surface area contributed by atoms with Crippen molar-refractivity contribution in [2.75, 3.05) is 26.3 Å². The smallest absolute Gasteiger partial charge is 0.320 e. The number of aliphatic carboxylic acids is 1. The zero-order valence-electron chi connectivity index (χ0n) is 11.2. The summed E-state index contributed by atoms with van der Waals surface area (Å²) in [6.07, 6.45) is 3.55. The third-order valence-electron chi connectivity index (χ3n) is 2.38. The van der Waals surface area contributed by atoms with Gasteiger partial charge in [0.15, 0.2) is 5.96 Å². The first-order valence-corrected chi connectivity index (χ1v) is 6.30. The number of carboxylic acids is 1. The van der Waals surface area contributed by atoms with Crippen LogP contribution in [0.5, 0.6) is 0 Å². The fourth-order valence-electron chi connectivity index (χ4n) is 1.46. The second-order valence-corrected chi connectivity index (χ2v) is 4.04. The molecule has 0 fully saturated rings. The Kier molecular flexibility index (Phi) is 10.5. The van der Waals surface area contributed by atoms with Gasteiger partial charge in [-0.05, 0) is 25.8 Å². The maximum atomic E-state index is 11.0. The molecule has 0 aliphatic carbocycles. The topological polar surface area (TPSA) is 120 Å². The first kappa shape index (κ1) is 17.4. The molecule has 1 unspecified atom stereocenters. The number of nitrogens with two attached hydrogens (primary N) is 1. The van der Waals surface area contributed by atoms with E-state index in [0.717, 1.165) is 6.42 Å². The molecule has 7 nitrogen and oxygen atoms in total. The van der Waals surface area contributed by atoms with Gasteiger partial charge >= 0.3 is 5.97 Å². The van der Waals surface area contributed by atoms with Crippen LogP contribution in [-0.4, -0.2) is 49.4 Å². The van der Waals surface area contributed by atoms with Crippen LogP contribution in [0.1, 0.15) is 19.3 Å². The average Bonchev–Trinajstić information content (AvgIpc) is 2.35. The Hall–Kier alpha value is -1.60. The Morgan fingerprint density at radius 2 is 2.21 bits per heavy atom. The van der Waals surface area contributed by atoms with E-state index in [1.165, 1.54) is 0 Å². The van der Waals surface area contributed by atoms with Crippen molar-refractivity contribution in [1.82, 2.24) is 10.6 Å². The lowest BCUT2D eigenvalue weighted by atomic mass is 10.1. The SMILES string of the molecule is C=CCOCCCNC(CCCNC(=N)N)C(=O)O. The third-order valence-corrected chi connectivity index (χ3v) is 2.38. The van der Waals surface area contributed by atoms with E-state index in [2.05, 4.69) is 17.2 Å². The number of guanidine groups is 1. The molecule has 0 saturated heterocycles. The number of carbonyl (C=O) groups is 1. The minimum absolute atomic E-state index is 0.0980. The van der Waals surface area contributed by atoms with Gasteiger partial charge in [-0.3, -0.25) is 10.2 Å². The van der Waals surface area contributed by atoms with Gasteiger partial charge in [-0.2, -0.15) is 0 Å². The lowest BCUT2D eigenvalue weighted by Crippen LogP contribution is -2.38. The summed E-state index contributed by atoms with van der Waals surface area (Å²) < 4.78 is 5.20. The summed E-state index contributed by atoms with van der Waals surface area (Å²) in [5.41, 5.74) is 5.13. The zero-order valence-corrected chi connectivity index (χ0v) is 11.2. The molecule has 0 bridgehead atoms. The minimum atomic E-state index is -0.866. The first-order chi connectivity index (χ1) is 9.07. The molecule has 7 heteroatoms. The zero-order chi connectivity index (χ0) is 14.5. The van der Waals surface area contributed by atoms with Gasteiger partial charge in [0.25, 0.3) is 0 Å². The van der Waals surface area contributed by atoms with Gasteiger partial charge in [-0.25, -0.2) is 0 Å². The van der Waals surface area contributed by atoms with Crippen LogP contribution in [0, 0.1) is 5.41 Å². The Morgan fingerprint density at radius 3 is 2.79 bits per heavy atom. The van der Waals surface area contributed by atoms with E-state index in [1.807, 2.05) is 0 Å². The van der Waals surface area contributed by atoms with E-state index in [0.29, 0.717) is 39.1 Å². The molecule has 19 heavy (non-hydrogen) atoms. The van der Waals surface area contributed by atoms with Crippen LogP contribution in [0.2, 0.25) is 0 Å². The summed E-state index contributed by atoms with van der Waals surface area (Å²) in [7, 11) is 0. The molecule has 0 aliphatic rings. The highest BCUT2D eigenvalue weighted by atomic mass is 16.5. The molecule has 6 N–H and O–H groups in total. The maximum absolute atomic E-state index is 11.0. The Labute approximate surface area is 113 Å². The molecular weight excluding hydrogens is 248 g/mol. The normalized spacial score (nSPS) is 11.8. The lowest BCUT2D eigenvalue weighted by molar-refractivity contribution is -0.139. The predicted octanol–water partition coefficient (Wildman–Crippen LogP) is -0.115. The summed E-state index contributed by atoms with van der Waals surface area (Å²) in [6, 6.07) is -0.576. The van der Waals surface area contributed by atoms with Crippen LogP contribution < -0.4 is 16.4 Å². The van der Waals surface area contributed by atoms with E-state index in [1.54, 1.807) is 6.08 Å². The highest BCUT2D eigenvalue weighted by Crippen LogP contribution is 1.97. The monoisotopic (exact) mass is 272 g/mol. The summed E-state index contributed by atoms with van der Waals surface area (Å²) in [5.74, 6) is -0.964. The fourth-order valence-corrected chi connectivity index (χ4v) is 1.46. The second kappa shape index (κ2) is 11.5. The first-order valence-electron chi connectivity index (χ1n) is 6.30. The third kappa shape index (κ3) is 11.2. The van der Waals surface area contributed by atoms with Crippen LogP contribution in [0.4, 0.5) is 0 Å². The molecule has 0 saturated carbocycles. The summed E-state index contributed by atoms with van der Waals surface area (Å²) in [6.45, 7) is 5.72. The van der Waals surface area contributed by atoms with Crippen molar-refractivity contribution < 1.29 is 14.6 Å². The van der Waals surface area contributed by atoms with Gasteiger partial charge in [-0.1, -0.05) is 6.08 Å². The van der Waals surface area contributed by atoms with Crippen molar-refractivity contribution in [3.63, 3.8) is 0 Å². The van der Waals surface area contributed by atoms with Crippen molar-refractivity contribution in [1.29, 1.82) is 5.41 Å². The van der Waals surface area contributed by atoms with Gasteiger partial charge in [-0.15, -0.1) is 6.58 Å². The molecule has 0 aromatic rings. The Morgan fingerprint density at radius 1 is 1.47 bits per heavy atom. The number of hydrogen-bond acceptors (Lipinski definition) is 4. The van der Waals surface area contributed by atoms with Crippen LogP contribution >= 0.6 is 0 Å². The van der Waals surface area contributed by atoms with Gasteiger partial charge in [0.2, 0.25) is 0 Å². The number of ether oxygens (including phenoxy) is 1. The molecule has 110 valence electrons. The van der Waals surface area contributed by atoms with E-state index in [-0.39, 0.29) is 5.96 Å². The Balaban J connectivity index is 3.65. The number of carboxylic acid groups (broad SMARTS) is 1. The van der Waals surface area contributed by atoms with Crippen molar-refractivity contribution in [2.45, 2.75) is 25.3 Å². The minimum Gasteiger partial charge on any atom is -0.480 e. The van der Waals surface area contributed by atoms with Gasteiger partial charge in [0, 0.05) is 13.2 Å². The number of nitrogens with one attached hydrogen (secondary N) is 3. The van der Waals surface area contributed by atoms with Crippen molar-refractivity contribution in [3.8, 4) is 0 Å². The fraction of sp³-hybridized carbons (Fsp3) is 0.667. The van der Waals surface area contributed by atoms with Crippen LogP contribution in [0.15, 0.2) is 12.7 Å². The Bertz CT molecular complexity index is 284. The highest BCUT2D eigenvalue weighted by molar-refractivity contribution is 5.74. The molecule has 0 heterocycles. The predicted molar refractivity (Wildman–Crippen MR) is 74.2 cm³/mol. The second-order valence-electron chi connectivity index (χ2n) is 4.04. The summed E-state index contributed by atoms with van der Waals surface area (Å²) in [5, 5.41) is 21.6. The number of hydrogen-bond donors (Lipinski definition) is 5. The molecule has 0 radical (unpaired) electrons. The van der Waals surface area contributed by atoms with E-state index in [4.69, 9.17) is 21.0 Å². The molecule has 0 amide bonds. The highest BCUT2D eigenvalue weighted by Gasteiger charge is 2.15. The van der Waals surface area contributed by atoms with Gasteiger partial charge < -0.3 is 26.2 Å². The van der Waals surface area contributed by atoms with Gasteiger partial charge in [0.1, 0.15) is 6.04 Å². The van der Waals surface area contributed by atoms with Crippen LogP contribution in [-0.2, 0) is 9.53 Å². The summed E-state index contributed by atoms with van der Waals surface area (Å²) >= 11 is 0. The van der Waals surface area contributed by atoms with Gasteiger partial charge in [0.05, 0.1) is 6.61 Å². The lowest BCUT2D eigenvalue weighted by Gasteiger charge is -2.14. The maximum Gasteiger partial charge on any atom is 0.320 e. The molecule has 0 aliphatic heterocycles. The van der Waals surface area contributed by atoms with E-state index >= 15 is 0 Å². The molecule has 0 aromatic heterocycles. The van der Waals surface area contributed by atoms with Crippen LogP contribution in [0.25, 0.3) is 0 Å². The quantitative estimate of drug-likeness (QED) is 0.146. The van der Waals surface area contributed by atoms with Crippen molar-refractivity contribution >= 4 is 11.9 Å². The van der Waals surface area contributed by atoms with Crippen molar-refractivity contribution in [2.24, 2.45) is 5.73 Å². The summed E-state index contributed by atoms with van der Waals surface area (Å²) in [4.78, 5) is 11.0. The molecule has 1 atom stereocenters. The average molecular weight is 272 g/mol. The van der Waals surface area contributed by atoms with Crippen molar-refractivity contribution in [3.05, 3.63) is 12.7 Å². The van der Waals surface area contributed by atoms with Crippen LogP contribution in [0.3, 0.4) is 0 Å². The molecule has 0 rings (SSSR count). The molecule has 0 spiro atoms. The number of rotatable bonds is 12. The molecular formula is C12H24N4O3. The van der Waals surface area contributed by atoms with E-state index in [9.17, 15) is 4.79 Å². The van der Waals surface area contributed by atoms with E-state index < -0.39 is 12.0 Å². The standard InChI is InChI=1S/C12H24N4O3/c1-2-8-19-9-4-7-15-10(11(17)18)5-3-6-16-12(13)14/h2,10,15H,1,3-9H2,(H,17,18)(H4,13,14,16).